The van der Waals surface area contributed by atoms with Gasteiger partial charge in [0.05, 0.1) is 0 Å². The first kappa shape index (κ1) is 30.5. The average Bonchev–Trinajstić information content (AvgIpc) is 3.83. The summed E-state index contributed by atoms with van der Waals surface area (Å²) < 4.78 is 9.14. The summed E-state index contributed by atoms with van der Waals surface area (Å²) in [6.45, 7) is 4.86. The van der Waals surface area contributed by atoms with Crippen molar-refractivity contribution < 1.29 is 4.42 Å². The van der Waals surface area contributed by atoms with E-state index >= 15 is 0 Å². The highest BCUT2D eigenvalue weighted by molar-refractivity contribution is 7.26. The molecule has 1 aliphatic heterocycles. The molecule has 0 fully saturated rings. The zero-order valence-electron chi connectivity index (χ0n) is 30.0. The number of rotatable bonds is 3. The van der Waals surface area contributed by atoms with E-state index in [0.717, 1.165) is 11.2 Å². The van der Waals surface area contributed by atoms with Crippen LogP contribution >= 0.6 is 11.3 Å². The first-order valence-electron chi connectivity index (χ1n) is 18.9. The largest absolute Gasteiger partial charge is 0.456 e. The van der Waals surface area contributed by atoms with Gasteiger partial charge < -0.3 is 4.42 Å². The molecule has 0 radical (unpaired) electrons. The molecule has 1 nitrogen and oxygen atoms in total. The summed E-state index contributed by atoms with van der Waals surface area (Å²) in [4.78, 5) is 0. The molecule has 2 aliphatic rings. The van der Waals surface area contributed by atoms with Gasteiger partial charge in [-0.25, -0.2) is 0 Å². The zero-order valence-corrected chi connectivity index (χ0v) is 32.0. The van der Waals surface area contributed by atoms with Gasteiger partial charge in [0.1, 0.15) is 20.0 Å². The van der Waals surface area contributed by atoms with E-state index in [-0.39, 0.29) is 5.41 Å². The van der Waals surface area contributed by atoms with Crippen molar-refractivity contribution in [3.63, 3.8) is 0 Å². The van der Waals surface area contributed by atoms with Gasteiger partial charge in [-0.15, -0.1) is 11.3 Å². The van der Waals surface area contributed by atoms with Crippen molar-refractivity contribution in [2.45, 2.75) is 19.3 Å². The van der Waals surface area contributed by atoms with Gasteiger partial charge in [0.25, 0.3) is 0 Å². The van der Waals surface area contributed by atoms with Gasteiger partial charge in [0.2, 0.25) is 0 Å². The Balaban J connectivity index is 1.19. The van der Waals surface area contributed by atoms with E-state index < -0.39 is 8.80 Å². The van der Waals surface area contributed by atoms with Crippen LogP contribution in [0.3, 0.4) is 0 Å². The monoisotopic (exact) mass is 722 g/mol. The Hall–Kier alpha value is -6.00. The summed E-state index contributed by atoms with van der Waals surface area (Å²) in [5, 5.41) is 9.48. The Bertz CT molecular complexity index is 3200. The molecule has 12 rings (SSSR count). The summed E-state index contributed by atoms with van der Waals surface area (Å²) in [6.07, 6.45) is 0. The molecule has 0 saturated carbocycles. The van der Waals surface area contributed by atoms with Crippen molar-refractivity contribution in [1.82, 2.24) is 0 Å². The molecule has 1 unspecified atom stereocenters. The lowest BCUT2D eigenvalue weighted by Gasteiger charge is -2.26. The number of para-hydroxylation sites is 1. The lowest BCUT2D eigenvalue weighted by Crippen LogP contribution is -2.53. The normalized spacial score (nSPS) is 15.2. The molecular weight excluding hydrogens is 689 g/mol. The molecule has 0 amide bonds. The maximum Gasteiger partial charge on any atom is 0.136 e. The van der Waals surface area contributed by atoms with Crippen molar-refractivity contribution >= 4 is 77.8 Å². The van der Waals surface area contributed by atoms with Gasteiger partial charge in [0, 0.05) is 36.4 Å². The Labute approximate surface area is 319 Å². The van der Waals surface area contributed by atoms with E-state index in [0.29, 0.717) is 0 Å². The minimum Gasteiger partial charge on any atom is -0.456 e. The second-order valence-corrected chi connectivity index (χ2v) is 19.4. The second kappa shape index (κ2) is 11.0. The van der Waals surface area contributed by atoms with E-state index in [1.54, 1.807) is 0 Å². The van der Waals surface area contributed by atoms with Gasteiger partial charge in [-0.2, -0.15) is 0 Å². The maximum absolute atomic E-state index is 6.44. The van der Waals surface area contributed by atoms with Gasteiger partial charge in [-0.3, -0.25) is 0 Å². The predicted octanol–water partition coefficient (Wildman–Crippen LogP) is 11.8. The van der Waals surface area contributed by atoms with Gasteiger partial charge in [-0.1, -0.05) is 159 Å². The van der Waals surface area contributed by atoms with Crippen LogP contribution in [0.25, 0.3) is 86.6 Å². The van der Waals surface area contributed by atoms with Crippen molar-refractivity contribution in [3.8, 4) is 44.5 Å². The number of furan rings is 1. The third-order valence-corrected chi connectivity index (χ3v) is 16.8. The van der Waals surface area contributed by atoms with Crippen molar-refractivity contribution in [2.75, 3.05) is 0 Å². The Morgan fingerprint density at radius 3 is 2.09 bits per heavy atom. The molecule has 0 saturated heterocycles. The van der Waals surface area contributed by atoms with E-state index in [2.05, 4.69) is 178 Å². The Morgan fingerprint density at radius 2 is 1.19 bits per heavy atom. The highest BCUT2D eigenvalue weighted by atomic mass is 32.1. The van der Waals surface area contributed by atoms with Crippen LogP contribution in [0.15, 0.2) is 168 Å². The fraction of sp³-hybridized carbons (Fsp3) is 0.0588. The molecule has 254 valence electrons. The van der Waals surface area contributed by atoms with Gasteiger partial charge in [-0.05, 0) is 90.3 Å². The molecule has 2 aromatic heterocycles. The van der Waals surface area contributed by atoms with E-state index in [1.807, 2.05) is 11.3 Å². The van der Waals surface area contributed by atoms with Crippen molar-refractivity contribution in [1.29, 1.82) is 0 Å². The van der Waals surface area contributed by atoms with Crippen LogP contribution in [0.4, 0.5) is 0 Å². The van der Waals surface area contributed by atoms with Crippen molar-refractivity contribution in [2.24, 2.45) is 0 Å². The predicted molar refractivity (Wildman–Crippen MR) is 233 cm³/mol. The summed E-state index contributed by atoms with van der Waals surface area (Å²) >= 11 is 1.91. The van der Waals surface area contributed by atoms with Crippen molar-refractivity contribution in [3.05, 3.63) is 175 Å². The molecule has 8 aromatic carbocycles. The molecule has 1 aliphatic carbocycles. The fourth-order valence-electron chi connectivity index (χ4n) is 9.91. The Kier molecular flexibility index (Phi) is 6.21. The minimum atomic E-state index is -2.08. The van der Waals surface area contributed by atoms with Gasteiger partial charge >= 0.3 is 0 Å². The van der Waals surface area contributed by atoms with Gasteiger partial charge in [0.15, 0.2) is 0 Å². The zero-order chi connectivity index (χ0) is 35.7. The molecule has 1 atom stereocenters. The SMILES string of the molecule is CC1(C)c2cccc3c2-c2c(cc(-c4cccc5oc6ccccc6c45)cc21)[SiH](c1ccccc1)c1cc(-c2cccc4c2sc2ccccc24)ccc1-3. The lowest BCUT2D eigenvalue weighted by atomic mass is 9.81. The van der Waals surface area contributed by atoms with Crippen LogP contribution in [0.5, 0.6) is 0 Å². The third-order valence-electron chi connectivity index (χ3n) is 12.4. The maximum atomic E-state index is 6.44. The molecule has 0 N–H and O–H groups in total. The first-order valence-corrected chi connectivity index (χ1v) is 21.4. The van der Waals surface area contributed by atoms with Crippen LogP contribution in [-0.2, 0) is 5.41 Å². The van der Waals surface area contributed by atoms with E-state index in [1.165, 1.54) is 102 Å². The number of hydrogen-bond donors (Lipinski definition) is 0. The molecule has 3 heterocycles. The minimum absolute atomic E-state index is 0.151. The number of thiophene rings is 1. The summed E-state index contributed by atoms with van der Waals surface area (Å²) in [5.41, 5.74) is 15.3. The van der Waals surface area contributed by atoms with Crippen LogP contribution in [0.1, 0.15) is 25.0 Å². The molecular formula is C51H34OSSi. The number of benzene rings is 8. The highest BCUT2D eigenvalue weighted by Gasteiger charge is 2.43. The van der Waals surface area contributed by atoms with Crippen LogP contribution in [0.2, 0.25) is 0 Å². The standard InChI is InChI=1S/C51H34OSSi/c1-51(2)40-21-11-19-37-36-26-25-30(34-18-10-20-38-35-15-7-9-24-44(35)53-50(34)38)28-45(36)54(32-13-4-3-5-14-32)46-29-31(27-41(51)49(46)48(37)40)33-17-12-23-43-47(33)39-16-6-8-22-42(39)52-43/h3-29,54H,1-2H3. The third kappa shape index (κ3) is 4.08. The quantitative estimate of drug-likeness (QED) is 0.166. The smallest absolute Gasteiger partial charge is 0.136 e. The summed E-state index contributed by atoms with van der Waals surface area (Å²) in [7, 11) is -2.08. The molecule has 10 aromatic rings. The number of hydrogen-bond acceptors (Lipinski definition) is 2. The van der Waals surface area contributed by atoms with Crippen LogP contribution in [0, 0.1) is 0 Å². The van der Waals surface area contributed by atoms with E-state index in [9.17, 15) is 0 Å². The van der Waals surface area contributed by atoms with E-state index in [4.69, 9.17) is 4.42 Å². The van der Waals surface area contributed by atoms with Crippen LogP contribution in [-0.4, -0.2) is 8.80 Å². The molecule has 54 heavy (non-hydrogen) atoms. The second-order valence-electron chi connectivity index (χ2n) is 15.5. The molecule has 3 heteroatoms. The Morgan fingerprint density at radius 1 is 0.481 bits per heavy atom. The first-order chi connectivity index (χ1) is 26.5. The molecule has 0 spiro atoms. The highest BCUT2D eigenvalue weighted by Crippen LogP contribution is 2.54. The summed E-state index contributed by atoms with van der Waals surface area (Å²) in [5.74, 6) is 0. The number of fused-ring (bicyclic) bond motifs is 8. The fourth-order valence-corrected chi connectivity index (χ4v) is 14.7. The topological polar surface area (TPSA) is 13.1 Å². The average molecular weight is 723 g/mol. The molecule has 0 bridgehead atoms. The van der Waals surface area contributed by atoms with Crippen LogP contribution < -0.4 is 15.6 Å². The lowest BCUT2D eigenvalue weighted by molar-refractivity contribution is 0.661. The summed E-state index contributed by atoms with van der Waals surface area (Å²) in [6, 6.07) is 61.7.